The molecule has 1 aromatic heterocycles. The van der Waals surface area contributed by atoms with E-state index >= 15 is 0 Å². The summed E-state index contributed by atoms with van der Waals surface area (Å²) < 4.78 is 39.7. The Bertz CT molecular complexity index is 754. The average molecular weight is 345 g/mol. The zero-order valence-electron chi connectivity index (χ0n) is 11.4. The van der Waals surface area contributed by atoms with Crippen molar-refractivity contribution in [3.8, 4) is 0 Å². The maximum absolute atomic E-state index is 14.0. The molecule has 1 N–H and O–H groups in total. The molecule has 0 bridgehead atoms. The van der Waals surface area contributed by atoms with Gasteiger partial charge in [0.1, 0.15) is 28.3 Å². The summed E-state index contributed by atoms with van der Waals surface area (Å²) in [6, 6.07) is 3.61. The van der Waals surface area contributed by atoms with Crippen LogP contribution in [0.15, 0.2) is 23.4 Å². The highest BCUT2D eigenvalue weighted by molar-refractivity contribution is 7.84. The first-order valence-corrected chi connectivity index (χ1v) is 8.24. The summed E-state index contributed by atoms with van der Waals surface area (Å²) in [4.78, 5) is 9.46. The van der Waals surface area contributed by atoms with E-state index in [1.807, 2.05) is 0 Å². The molecule has 1 aliphatic rings. The van der Waals surface area contributed by atoms with Gasteiger partial charge in [-0.05, 0) is 12.1 Å². The molecule has 1 aliphatic heterocycles. The lowest BCUT2D eigenvalue weighted by Crippen LogP contribution is -2.38. The molecule has 0 fully saturated rings. The number of aromatic nitrogens is 2. The van der Waals surface area contributed by atoms with E-state index in [1.165, 1.54) is 17.2 Å². The highest BCUT2D eigenvalue weighted by atomic mass is 35.5. The Morgan fingerprint density at radius 3 is 2.64 bits per heavy atom. The Kier molecular flexibility index (Phi) is 4.07. The third-order valence-corrected chi connectivity index (χ3v) is 4.22. The molecule has 2 heterocycles. The van der Waals surface area contributed by atoms with Crippen LogP contribution in [0.3, 0.4) is 0 Å². The Morgan fingerprint density at radius 1 is 1.32 bits per heavy atom. The third-order valence-electron chi connectivity index (χ3n) is 3.21. The highest BCUT2D eigenvalue weighted by Gasteiger charge is 2.28. The van der Waals surface area contributed by atoms with E-state index in [1.54, 1.807) is 0 Å². The molecule has 9 heteroatoms. The number of para-hydroxylation sites is 1. The van der Waals surface area contributed by atoms with Crippen LogP contribution in [-0.4, -0.2) is 27.1 Å². The molecule has 0 saturated carbocycles. The molecule has 116 valence electrons. The average Bonchev–Trinajstić information content (AvgIpc) is 2.47. The van der Waals surface area contributed by atoms with Crippen molar-refractivity contribution in [3.05, 3.63) is 40.6 Å². The summed E-state index contributed by atoms with van der Waals surface area (Å²) in [6.45, 7) is 0.505. The first-order chi connectivity index (χ1) is 10.5. The van der Waals surface area contributed by atoms with E-state index in [9.17, 15) is 13.0 Å². The van der Waals surface area contributed by atoms with E-state index in [2.05, 4.69) is 15.3 Å². The van der Waals surface area contributed by atoms with E-state index in [0.717, 1.165) is 12.1 Å². The lowest BCUT2D eigenvalue weighted by atomic mass is 10.2. The minimum Gasteiger partial charge on any atom is -0.307 e. The standard InChI is InChI=1S/C13H11ClF2N4OS/c1-22(21)13-18-11(14)7-5-17-6-20(12(7)19-13)10-8(15)3-2-4-9(10)16/h2-4,17H,5-6H2,1H3. The van der Waals surface area contributed by atoms with Gasteiger partial charge in [0, 0.05) is 18.4 Å². The predicted octanol–water partition coefficient (Wildman–Crippen LogP) is 2.34. The van der Waals surface area contributed by atoms with Crippen molar-refractivity contribution in [2.75, 3.05) is 17.8 Å². The SMILES string of the molecule is CS(=O)c1nc(Cl)c2c(n1)N(c1c(F)cccc1F)CNC2. The molecule has 0 saturated heterocycles. The molecule has 22 heavy (non-hydrogen) atoms. The van der Waals surface area contributed by atoms with Crippen LogP contribution >= 0.6 is 11.6 Å². The molecular weight excluding hydrogens is 334 g/mol. The molecule has 1 unspecified atom stereocenters. The van der Waals surface area contributed by atoms with Crippen LogP contribution < -0.4 is 10.2 Å². The fourth-order valence-electron chi connectivity index (χ4n) is 2.23. The van der Waals surface area contributed by atoms with Gasteiger partial charge in [-0.2, -0.15) is 0 Å². The van der Waals surface area contributed by atoms with Gasteiger partial charge < -0.3 is 4.90 Å². The van der Waals surface area contributed by atoms with Crippen LogP contribution in [0.25, 0.3) is 0 Å². The first-order valence-electron chi connectivity index (χ1n) is 6.31. The maximum Gasteiger partial charge on any atom is 0.221 e. The fourth-order valence-corrected chi connectivity index (χ4v) is 2.95. The van der Waals surface area contributed by atoms with Crippen LogP contribution in [0.5, 0.6) is 0 Å². The monoisotopic (exact) mass is 344 g/mol. The van der Waals surface area contributed by atoms with E-state index in [4.69, 9.17) is 11.6 Å². The van der Waals surface area contributed by atoms with Gasteiger partial charge >= 0.3 is 0 Å². The zero-order valence-corrected chi connectivity index (χ0v) is 13.0. The first kappa shape index (κ1) is 15.3. The number of benzene rings is 1. The van der Waals surface area contributed by atoms with E-state index in [-0.39, 0.29) is 28.5 Å². The van der Waals surface area contributed by atoms with Gasteiger partial charge in [-0.25, -0.2) is 18.7 Å². The number of nitrogens with zero attached hydrogens (tertiary/aromatic N) is 3. The molecule has 0 radical (unpaired) electrons. The summed E-state index contributed by atoms with van der Waals surface area (Å²) in [5, 5.41) is 3.12. The van der Waals surface area contributed by atoms with Gasteiger partial charge in [0.15, 0.2) is 0 Å². The second-order valence-corrected chi connectivity index (χ2v) is 6.27. The van der Waals surface area contributed by atoms with Crippen LogP contribution in [0.4, 0.5) is 20.3 Å². The Labute approximate surface area is 132 Å². The molecule has 1 aromatic carbocycles. The number of rotatable bonds is 2. The van der Waals surface area contributed by atoms with E-state index in [0.29, 0.717) is 12.1 Å². The largest absolute Gasteiger partial charge is 0.307 e. The smallest absolute Gasteiger partial charge is 0.221 e. The minimum absolute atomic E-state index is 0.0207. The second-order valence-electron chi connectivity index (χ2n) is 4.64. The van der Waals surface area contributed by atoms with Gasteiger partial charge in [-0.3, -0.25) is 9.53 Å². The maximum atomic E-state index is 14.0. The van der Waals surface area contributed by atoms with Crippen LogP contribution in [0.2, 0.25) is 5.15 Å². The van der Waals surface area contributed by atoms with Gasteiger partial charge in [-0.15, -0.1) is 0 Å². The third kappa shape index (κ3) is 2.57. The predicted molar refractivity (Wildman–Crippen MR) is 79.6 cm³/mol. The van der Waals surface area contributed by atoms with Crippen LogP contribution in [0, 0.1) is 11.6 Å². The summed E-state index contributed by atoms with van der Waals surface area (Å²) in [7, 11) is -1.46. The number of fused-ring (bicyclic) bond motifs is 1. The van der Waals surface area contributed by atoms with Crippen molar-refractivity contribution >= 4 is 33.9 Å². The van der Waals surface area contributed by atoms with Gasteiger partial charge in [0.2, 0.25) is 5.16 Å². The van der Waals surface area contributed by atoms with Crippen molar-refractivity contribution in [3.63, 3.8) is 0 Å². The van der Waals surface area contributed by atoms with Crippen LogP contribution in [-0.2, 0) is 17.3 Å². The minimum atomic E-state index is -1.46. The summed E-state index contributed by atoms with van der Waals surface area (Å²) in [6.07, 6.45) is 1.41. The van der Waals surface area contributed by atoms with Crippen molar-refractivity contribution in [2.45, 2.75) is 11.7 Å². The Balaban J connectivity index is 2.21. The summed E-state index contributed by atoms with van der Waals surface area (Å²) in [5.41, 5.74) is 0.267. The van der Waals surface area contributed by atoms with Gasteiger partial charge in [0.25, 0.3) is 0 Å². The number of anilines is 2. The van der Waals surface area contributed by atoms with Gasteiger partial charge in [-0.1, -0.05) is 17.7 Å². The number of hydrogen-bond acceptors (Lipinski definition) is 5. The number of nitrogens with one attached hydrogen (secondary N) is 1. The molecule has 2 aromatic rings. The van der Waals surface area contributed by atoms with Crippen molar-refractivity contribution in [2.24, 2.45) is 0 Å². The van der Waals surface area contributed by atoms with Crippen LogP contribution in [0.1, 0.15) is 5.56 Å². The molecule has 0 aliphatic carbocycles. The molecule has 3 rings (SSSR count). The molecule has 0 spiro atoms. The van der Waals surface area contributed by atoms with Crippen molar-refractivity contribution < 1.29 is 13.0 Å². The van der Waals surface area contributed by atoms with Gasteiger partial charge in [0.05, 0.1) is 17.5 Å². The molecule has 0 amide bonds. The quantitative estimate of drug-likeness (QED) is 0.669. The summed E-state index contributed by atoms with van der Waals surface area (Å²) in [5.74, 6) is -1.18. The molecule has 1 atom stereocenters. The van der Waals surface area contributed by atoms with E-state index < -0.39 is 22.4 Å². The summed E-state index contributed by atoms with van der Waals surface area (Å²) >= 11 is 6.08. The normalized spacial score (nSPS) is 15.5. The second kappa shape index (κ2) is 5.86. The van der Waals surface area contributed by atoms with Crippen molar-refractivity contribution in [1.82, 2.24) is 15.3 Å². The van der Waals surface area contributed by atoms with Crippen molar-refractivity contribution in [1.29, 1.82) is 0 Å². The Morgan fingerprint density at radius 2 is 2.00 bits per heavy atom. The number of hydrogen-bond donors (Lipinski definition) is 1. The number of halogens is 3. The topological polar surface area (TPSA) is 58.1 Å². The zero-order chi connectivity index (χ0) is 15.9. The lowest BCUT2D eigenvalue weighted by Gasteiger charge is -2.31. The highest BCUT2D eigenvalue weighted by Crippen LogP contribution is 2.35. The molecular formula is C13H11ClF2N4OS. The molecule has 5 nitrogen and oxygen atoms in total. The lowest BCUT2D eigenvalue weighted by molar-refractivity contribution is 0.562. The fraction of sp³-hybridized carbons (Fsp3) is 0.231. The Hall–Kier alpha value is -1.64.